The zero-order valence-corrected chi connectivity index (χ0v) is 17.3. The first-order valence-corrected chi connectivity index (χ1v) is 10.1. The molecule has 0 aliphatic carbocycles. The second kappa shape index (κ2) is 8.35. The zero-order chi connectivity index (χ0) is 21.3. The predicted octanol–water partition coefficient (Wildman–Crippen LogP) is 6.05. The molecule has 0 bridgehead atoms. The van der Waals surface area contributed by atoms with Crippen LogP contribution >= 0.6 is 35.0 Å². The van der Waals surface area contributed by atoms with E-state index >= 15 is 0 Å². The summed E-state index contributed by atoms with van der Waals surface area (Å²) in [4.78, 5) is 27.5. The minimum absolute atomic E-state index is 0.0977. The Kier molecular flexibility index (Phi) is 5.63. The maximum Gasteiger partial charge on any atom is 0.270 e. The minimum atomic E-state index is -0.507. The van der Waals surface area contributed by atoms with Crippen LogP contribution in [0.4, 0.5) is 11.4 Å². The van der Waals surface area contributed by atoms with Crippen molar-refractivity contribution in [3.8, 4) is 11.3 Å². The third-order valence-electron chi connectivity index (χ3n) is 4.03. The number of nitrogens with zero attached hydrogens (tertiary/aromatic N) is 2. The number of halogens is 2. The molecule has 2 aromatic carbocycles. The Balaban J connectivity index is 1.57. The number of carbonyl (C=O) groups is 1. The van der Waals surface area contributed by atoms with Crippen molar-refractivity contribution < 1.29 is 14.1 Å². The molecule has 1 aliphatic rings. The summed E-state index contributed by atoms with van der Waals surface area (Å²) in [6.07, 6.45) is 1.57. The molecule has 0 unspecified atom stereocenters. The largest absolute Gasteiger partial charge is 0.457 e. The summed E-state index contributed by atoms with van der Waals surface area (Å²) in [5, 5.41) is 15.0. The number of carbonyl (C=O) groups excluding carboxylic acids is 1. The molecule has 1 saturated heterocycles. The van der Waals surface area contributed by atoms with Gasteiger partial charge in [-0.1, -0.05) is 23.2 Å². The van der Waals surface area contributed by atoms with Gasteiger partial charge in [-0.05, 0) is 54.2 Å². The van der Waals surface area contributed by atoms with Crippen LogP contribution in [0.5, 0.6) is 0 Å². The smallest absolute Gasteiger partial charge is 0.270 e. The van der Waals surface area contributed by atoms with Gasteiger partial charge in [-0.15, -0.1) is 0 Å². The van der Waals surface area contributed by atoms with Crippen LogP contribution in [0, 0.1) is 10.1 Å². The zero-order valence-electron chi connectivity index (χ0n) is 15.0. The Morgan fingerprint density at radius 3 is 2.60 bits per heavy atom. The van der Waals surface area contributed by atoms with Crippen LogP contribution in [0.2, 0.25) is 10.0 Å². The summed E-state index contributed by atoms with van der Waals surface area (Å²) in [6, 6.07) is 14.3. The molecule has 7 nitrogen and oxygen atoms in total. The van der Waals surface area contributed by atoms with Gasteiger partial charge in [0.1, 0.15) is 11.5 Å². The summed E-state index contributed by atoms with van der Waals surface area (Å²) < 4.78 is 5.73. The number of benzene rings is 2. The first kappa shape index (κ1) is 20.2. The van der Waals surface area contributed by atoms with E-state index in [2.05, 4.69) is 10.3 Å². The highest BCUT2D eigenvalue weighted by atomic mass is 35.5. The summed E-state index contributed by atoms with van der Waals surface area (Å²) in [6.45, 7) is 0. The van der Waals surface area contributed by atoms with Crippen LogP contribution in [0.15, 0.2) is 68.9 Å². The third kappa shape index (κ3) is 4.40. The van der Waals surface area contributed by atoms with Crippen molar-refractivity contribution in [1.82, 2.24) is 5.32 Å². The number of nitro benzene ring substituents is 1. The molecule has 1 amide bonds. The highest BCUT2D eigenvalue weighted by Gasteiger charge is 2.24. The quantitative estimate of drug-likeness (QED) is 0.290. The monoisotopic (exact) mass is 459 g/mol. The number of nitro groups is 1. The van der Waals surface area contributed by atoms with Gasteiger partial charge in [0.25, 0.3) is 11.6 Å². The molecular formula is C20H11Cl2N3O4S. The number of non-ortho nitro benzene ring substituents is 1. The third-order valence-corrected chi connectivity index (χ3v) is 5.53. The van der Waals surface area contributed by atoms with E-state index in [0.717, 1.165) is 0 Å². The van der Waals surface area contributed by atoms with Crippen molar-refractivity contribution in [2.24, 2.45) is 4.99 Å². The molecule has 10 heteroatoms. The normalized spacial score (nSPS) is 16.3. The number of amides is 1. The second-order valence-electron chi connectivity index (χ2n) is 6.08. The molecule has 150 valence electrons. The van der Waals surface area contributed by atoms with Gasteiger partial charge in [0.2, 0.25) is 0 Å². The first-order chi connectivity index (χ1) is 14.4. The number of nitrogens with one attached hydrogen (secondary N) is 1. The number of aliphatic imine (C=N–C) groups is 1. The van der Waals surface area contributed by atoms with Gasteiger partial charge in [0.05, 0.1) is 20.5 Å². The molecular weight excluding hydrogens is 449 g/mol. The summed E-state index contributed by atoms with van der Waals surface area (Å²) in [5.74, 6) is 0.450. The molecule has 3 aromatic rings. The number of furan rings is 1. The van der Waals surface area contributed by atoms with Crippen molar-refractivity contribution in [2.75, 3.05) is 0 Å². The lowest BCUT2D eigenvalue weighted by atomic mass is 10.1. The molecule has 1 aromatic heterocycles. The highest BCUT2D eigenvalue weighted by molar-refractivity contribution is 8.18. The Morgan fingerprint density at radius 1 is 1.10 bits per heavy atom. The molecule has 1 aliphatic heterocycles. The number of hydrogen-bond donors (Lipinski definition) is 1. The molecule has 0 saturated carbocycles. The first-order valence-electron chi connectivity index (χ1n) is 8.48. The van der Waals surface area contributed by atoms with Crippen LogP contribution in [0.25, 0.3) is 17.4 Å². The number of hydrogen-bond acceptors (Lipinski definition) is 6. The van der Waals surface area contributed by atoms with Crippen LogP contribution in [0.3, 0.4) is 0 Å². The van der Waals surface area contributed by atoms with Crippen molar-refractivity contribution in [3.63, 3.8) is 0 Å². The van der Waals surface area contributed by atoms with Crippen LogP contribution < -0.4 is 5.32 Å². The Morgan fingerprint density at radius 2 is 1.87 bits per heavy atom. The molecule has 0 radical (unpaired) electrons. The van der Waals surface area contributed by atoms with Gasteiger partial charge in [-0.25, -0.2) is 4.99 Å². The van der Waals surface area contributed by atoms with Crippen molar-refractivity contribution in [1.29, 1.82) is 0 Å². The average molecular weight is 460 g/mol. The Labute approximate surface area is 184 Å². The van der Waals surface area contributed by atoms with Crippen LogP contribution in [0.1, 0.15) is 5.76 Å². The summed E-state index contributed by atoms with van der Waals surface area (Å²) in [7, 11) is 0. The lowest BCUT2D eigenvalue weighted by molar-refractivity contribution is -0.384. The average Bonchev–Trinajstić information content (AvgIpc) is 3.31. The summed E-state index contributed by atoms with van der Waals surface area (Å²) >= 11 is 13.2. The number of rotatable bonds is 4. The summed E-state index contributed by atoms with van der Waals surface area (Å²) in [5.41, 5.74) is 0.951. The fraction of sp³-hybridized carbons (Fsp3) is 0. The van der Waals surface area contributed by atoms with E-state index < -0.39 is 4.92 Å². The lowest BCUT2D eigenvalue weighted by Gasteiger charge is -2.00. The van der Waals surface area contributed by atoms with Crippen molar-refractivity contribution >= 4 is 63.5 Å². The van der Waals surface area contributed by atoms with Crippen molar-refractivity contribution in [3.05, 3.63) is 85.4 Å². The molecule has 30 heavy (non-hydrogen) atoms. The maximum absolute atomic E-state index is 12.2. The number of amidine groups is 1. The van der Waals surface area contributed by atoms with Gasteiger partial charge in [-0.3, -0.25) is 14.9 Å². The second-order valence-corrected chi connectivity index (χ2v) is 7.96. The van der Waals surface area contributed by atoms with Crippen LogP contribution in [-0.4, -0.2) is 16.0 Å². The minimum Gasteiger partial charge on any atom is -0.457 e. The van der Waals surface area contributed by atoms with E-state index in [0.29, 0.717) is 42.9 Å². The molecule has 4 rings (SSSR count). The highest BCUT2D eigenvalue weighted by Crippen LogP contribution is 2.34. The molecule has 1 N–H and O–H groups in total. The molecule has 0 spiro atoms. The maximum atomic E-state index is 12.2. The Hall–Kier alpha value is -3.07. The van der Waals surface area contributed by atoms with E-state index in [4.69, 9.17) is 27.6 Å². The molecule has 0 atom stereocenters. The van der Waals surface area contributed by atoms with Gasteiger partial charge >= 0.3 is 0 Å². The number of thioether (sulfide) groups is 1. The SMILES string of the molecule is O=C1NC(=Nc2ccc(Cl)cc2)S/C1=C\c1ccc(-c2cc([N+](=O)[O-])ccc2Cl)o1. The Bertz CT molecular complexity index is 1220. The molecule has 1 fully saturated rings. The van der Waals surface area contributed by atoms with E-state index in [9.17, 15) is 14.9 Å². The van der Waals surface area contributed by atoms with Crippen LogP contribution in [-0.2, 0) is 4.79 Å². The predicted molar refractivity (Wildman–Crippen MR) is 118 cm³/mol. The molecule has 2 heterocycles. The van der Waals surface area contributed by atoms with E-state index in [1.165, 1.54) is 30.0 Å². The standard InChI is InChI=1S/C20H11Cl2N3O4S/c21-11-1-3-12(4-2-11)23-20-24-19(26)18(30-20)10-14-6-8-17(29-14)15-9-13(25(27)28)5-7-16(15)22/h1-10H,(H,23,24,26)/b18-10-. The van der Waals surface area contributed by atoms with E-state index in [1.54, 1.807) is 42.5 Å². The van der Waals surface area contributed by atoms with Crippen molar-refractivity contribution in [2.45, 2.75) is 0 Å². The van der Waals surface area contributed by atoms with Gasteiger partial charge in [0, 0.05) is 28.8 Å². The fourth-order valence-electron chi connectivity index (χ4n) is 2.63. The van der Waals surface area contributed by atoms with Gasteiger partial charge in [0.15, 0.2) is 5.17 Å². The van der Waals surface area contributed by atoms with E-state index in [-0.39, 0.29) is 11.6 Å². The lowest BCUT2D eigenvalue weighted by Crippen LogP contribution is -2.19. The van der Waals surface area contributed by atoms with E-state index in [1.807, 2.05) is 0 Å². The topological polar surface area (TPSA) is 97.7 Å². The fourth-order valence-corrected chi connectivity index (χ4v) is 3.79. The van der Waals surface area contributed by atoms with Gasteiger partial charge < -0.3 is 9.73 Å². The van der Waals surface area contributed by atoms with Gasteiger partial charge in [-0.2, -0.15) is 0 Å².